The summed E-state index contributed by atoms with van der Waals surface area (Å²) in [6, 6.07) is 3.56. The zero-order valence-electron chi connectivity index (χ0n) is 9.26. The number of rotatable bonds is 4. The van der Waals surface area contributed by atoms with Gasteiger partial charge in [-0.2, -0.15) is 0 Å². The number of carbonyl (C=O) groups is 1. The zero-order chi connectivity index (χ0) is 12.2. The highest BCUT2D eigenvalue weighted by atomic mass is 79.9. The third-order valence-corrected chi connectivity index (χ3v) is 2.97. The molecule has 0 aliphatic rings. The van der Waals surface area contributed by atoms with Crippen molar-refractivity contribution in [3.8, 4) is 0 Å². The van der Waals surface area contributed by atoms with Gasteiger partial charge in [-0.15, -0.1) is 11.6 Å². The number of alkyl halides is 1. The van der Waals surface area contributed by atoms with Crippen LogP contribution in [0.1, 0.15) is 30.8 Å². The van der Waals surface area contributed by atoms with Gasteiger partial charge >= 0.3 is 0 Å². The lowest BCUT2D eigenvalue weighted by atomic mass is 10.0. The molecule has 1 aromatic heterocycles. The molecule has 0 aliphatic carbocycles. The van der Waals surface area contributed by atoms with Gasteiger partial charge in [0.2, 0.25) is 0 Å². The molecule has 1 rings (SSSR count). The van der Waals surface area contributed by atoms with Gasteiger partial charge in [0.15, 0.2) is 0 Å². The van der Waals surface area contributed by atoms with E-state index >= 15 is 0 Å². The Hall–Kier alpha value is -0.610. The van der Waals surface area contributed by atoms with Crippen molar-refractivity contribution in [2.75, 3.05) is 5.88 Å². The lowest BCUT2D eigenvalue weighted by Crippen LogP contribution is -2.44. The number of carbonyl (C=O) groups excluding carboxylic acids is 1. The molecule has 1 N–H and O–H groups in total. The molecule has 0 radical (unpaired) electrons. The quantitative estimate of drug-likeness (QED) is 0.869. The summed E-state index contributed by atoms with van der Waals surface area (Å²) in [6.07, 6.45) is 2.30. The Kier molecular flexibility index (Phi) is 4.74. The van der Waals surface area contributed by atoms with Crippen LogP contribution in [0.5, 0.6) is 0 Å². The molecule has 0 saturated carbocycles. The number of hydrogen-bond donors (Lipinski definition) is 1. The fourth-order valence-corrected chi connectivity index (χ4v) is 2.13. The smallest absolute Gasteiger partial charge is 0.271 e. The number of amides is 1. The Balaban J connectivity index is 2.77. The molecular formula is C11H14BrClN2O. The number of nitrogens with one attached hydrogen (secondary N) is 1. The molecule has 0 spiro atoms. The van der Waals surface area contributed by atoms with E-state index in [0.717, 1.165) is 0 Å². The fourth-order valence-electron chi connectivity index (χ4n) is 1.22. The van der Waals surface area contributed by atoms with Crippen LogP contribution < -0.4 is 5.32 Å². The topological polar surface area (TPSA) is 42.0 Å². The van der Waals surface area contributed by atoms with Crippen molar-refractivity contribution in [3.05, 3.63) is 28.5 Å². The van der Waals surface area contributed by atoms with E-state index in [2.05, 4.69) is 26.2 Å². The van der Waals surface area contributed by atoms with Crippen molar-refractivity contribution in [1.29, 1.82) is 0 Å². The van der Waals surface area contributed by atoms with Gasteiger partial charge < -0.3 is 5.32 Å². The van der Waals surface area contributed by atoms with Gasteiger partial charge in [-0.05, 0) is 48.3 Å². The average Bonchev–Trinajstić information content (AvgIpc) is 2.17. The maximum Gasteiger partial charge on any atom is 0.271 e. The predicted octanol–water partition coefficient (Wildman–Crippen LogP) is 2.98. The number of halogens is 2. The summed E-state index contributed by atoms with van der Waals surface area (Å²) in [5.74, 6) is 0.319. The van der Waals surface area contributed by atoms with Crippen molar-refractivity contribution in [1.82, 2.24) is 10.3 Å². The summed E-state index contributed by atoms with van der Waals surface area (Å²) in [6.45, 7) is 3.87. The Morgan fingerprint density at radius 3 is 2.88 bits per heavy atom. The molecule has 16 heavy (non-hydrogen) atoms. The van der Waals surface area contributed by atoms with Crippen LogP contribution >= 0.6 is 27.5 Å². The van der Waals surface area contributed by atoms with E-state index in [1.54, 1.807) is 18.3 Å². The number of nitrogens with zero attached hydrogens (tertiary/aromatic N) is 1. The first-order chi connectivity index (χ1) is 7.46. The molecule has 0 fully saturated rings. The summed E-state index contributed by atoms with van der Waals surface area (Å²) < 4.78 is 0.689. The van der Waals surface area contributed by atoms with E-state index in [0.29, 0.717) is 22.5 Å². The molecule has 0 saturated heterocycles. The molecule has 5 heteroatoms. The van der Waals surface area contributed by atoms with E-state index in [4.69, 9.17) is 11.6 Å². The maximum absolute atomic E-state index is 11.9. The van der Waals surface area contributed by atoms with Crippen molar-refractivity contribution in [3.63, 3.8) is 0 Å². The van der Waals surface area contributed by atoms with Crippen LogP contribution in [-0.4, -0.2) is 22.3 Å². The van der Waals surface area contributed by atoms with Gasteiger partial charge in [0.1, 0.15) is 5.69 Å². The third-order valence-electron chi connectivity index (χ3n) is 2.14. The molecule has 1 aromatic rings. The Morgan fingerprint density at radius 2 is 2.31 bits per heavy atom. The third kappa shape index (κ3) is 3.76. The molecule has 1 amide bonds. The van der Waals surface area contributed by atoms with E-state index in [-0.39, 0.29) is 11.4 Å². The second-order valence-corrected chi connectivity index (χ2v) is 5.34. The molecule has 3 nitrogen and oxygen atoms in total. The molecule has 0 unspecified atom stereocenters. The number of pyridine rings is 1. The van der Waals surface area contributed by atoms with Crippen LogP contribution in [0.2, 0.25) is 0 Å². The van der Waals surface area contributed by atoms with Crippen molar-refractivity contribution in [2.45, 2.75) is 25.8 Å². The molecular weight excluding hydrogens is 291 g/mol. The predicted molar refractivity (Wildman–Crippen MR) is 68.8 cm³/mol. The first-order valence-electron chi connectivity index (χ1n) is 4.95. The summed E-state index contributed by atoms with van der Waals surface area (Å²) in [4.78, 5) is 15.9. The molecule has 0 bridgehead atoms. The minimum atomic E-state index is -0.324. The van der Waals surface area contributed by atoms with E-state index in [9.17, 15) is 4.79 Å². The Morgan fingerprint density at radius 1 is 1.62 bits per heavy atom. The van der Waals surface area contributed by atoms with Crippen LogP contribution in [0.4, 0.5) is 0 Å². The second kappa shape index (κ2) is 5.64. The Labute approximate surface area is 109 Å². The maximum atomic E-state index is 11.9. The van der Waals surface area contributed by atoms with Crippen LogP contribution in [0.25, 0.3) is 0 Å². The molecule has 88 valence electrons. The molecule has 0 aliphatic heterocycles. The zero-order valence-corrected chi connectivity index (χ0v) is 11.6. The van der Waals surface area contributed by atoms with Crippen molar-refractivity contribution < 1.29 is 4.79 Å². The highest BCUT2D eigenvalue weighted by Gasteiger charge is 2.22. The Bertz CT molecular complexity index is 382. The van der Waals surface area contributed by atoms with Gasteiger partial charge in [0.25, 0.3) is 5.91 Å². The minimum Gasteiger partial charge on any atom is -0.346 e. The SMILES string of the molecule is CC(C)(CCCl)NC(=O)c1ncccc1Br. The first-order valence-corrected chi connectivity index (χ1v) is 6.28. The van der Waals surface area contributed by atoms with Crippen molar-refractivity contribution >= 4 is 33.4 Å². The minimum absolute atomic E-state index is 0.192. The van der Waals surface area contributed by atoms with Crippen molar-refractivity contribution in [2.24, 2.45) is 0 Å². The summed E-state index contributed by atoms with van der Waals surface area (Å²) in [7, 11) is 0. The molecule has 1 heterocycles. The van der Waals surface area contributed by atoms with Crippen LogP contribution in [-0.2, 0) is 0 Å². The lowest BCUT2D eigenvalue weighted by molar-refractivity contribution is 0.0905. The van der Waals surface area contributed by atoms with E-state index in [1.165, 1.54) is 0 Å². The fraction of sp³-hybridized carbons (Fsp3) is 0.455. The van der Waals surface area contributed by atoms with E-state index < -0.39 is 0 Å². The number of aromatic nitrogens is 1. The van der Waals surface area contributed by atoms with Gasteiger partial charge in [0.05, 0.1) is 0 Å². The summed E-state index contributed by atoms with van der Waals surface area (Å²) in [5, 5.41) is 2.90. The van der Waals surface area contributed by atoms with Crippen LogP contribution in [0.3, 0.4) is 0 Å². The largest absolute Gasteiger partial charge is 0.346 e. The average molecular weight is 306 g/mol. The normalized spacial score (nSPS) is 11.2. The highest BCUT2D eigenvalue weighted by molar-refractivity contribution is 9.10. The highest BCUT2D eigenvalue weighted by Crippen LogP contribution is 2.15. The van der Waals surface area contributed by atoms with Gasteiger partial charge in [-0.3, -0.25) is 4.79 Å². The van der Waals surface area contributed by atoms with E-state index in [1.807, 2.05) is 13.8 Å². The standard InChI is InChI=1S/C11H14BrClN2O/c1-11(2,5-6-13)15-10(16)9-8(12)4-3-7-14-9/h3-4,7H,5-6H2,1-2H3,(H,15,16). The van der Waals surface area contributed by atoms with Gasteiger partial charge in [0, 0.05) is 22.1 Å². The summed E-state index contributed by atoms with van der Waals surface area (Å²) >= 11 is 8.96. The molecule has 0 aromatic carbocycles. The lowest BCUT2D eigenvalue weighted by Gasteiger charge is -2.25. The first kappa shape index (κ1) is 13.5. The van der Waals surface area contributed by atoms with Gasteiger partial charge in [-0.1, -0.05) is 0 Å². The summed E-state index contributed by atoms with van der Waals surface area (Å²) in [5.41, 5.74) is 0.0700. The number of hydrogen-bond acceptors (Lipinski definition) is 2. The monoisotopic (exact) mass is 304 g/mol. The van der Waals surface area contributed by atoms with Crippen LogP contribution in [0.15, 0.2) is 22.8 Å². The second-order valence-electron chi connectivity index (χ2n) is 4.11. The van der Waals surface area contributed by atoms with Crippen LogP contribution in [0, 0.1) is 0 Å². The van der Waals surface area contributed by atoms with Gasteiger partial charge in [-0.25, -0.2) is 4.98 Å². The molecule has 0 atom stereocenters.